The van der Waals surface area contributed by atoms with Gasteiger partial charge >= 0.3 is 0 Å². The Morgan fingerprint density at radius 1 is 1.44 bits per heavy atom. The predicted octanol–water partition coefficient (Wildman–Crippen LogP) is 0.0824. The molecular weight excluding hydrogens is 206 g/mol. The molecule has 2 N–H and O–H groups in total. The second-order valence-corrected chi connectivity index (χ2v) is 3.70. The van der Waals surface area contributed by atoms with Crippen molar-refractivity contribution in [3.63, 3.8) is 0 Å². The van der Waals surface area contributed by atoms with Crippen LogP contribution < -0.4 is 10.7 Å². The van der Waals surface area contributed by atoms with Gasteiger partial charge < -0.3 is 5.73 Å². The molecule has 0 fully saturated rings. The lowest BCUT2D eigenvalue weighted by molar-refractivity contribution is -0.119. The van der Waals surface area contributed by atoms with Gasteiger partial charge in [-0.2, -0.15) is 10.1 Å². The molecular formula is C10H13N5O. The molecule has 0 aliphatic carbocycles. The second kappa shape index (κ2) is 3.97. The third kappa shape index (κ3) is 1.67. The number of nitrogens with two attached hydrogens (primary N) is 1. The first-order valence-electron chi connectivity index (χ1n) is 5.01. The van der Waals surface area contributed by atoms with Crippen LogP contribution in [0, 0.1) is 12.8 Å². The van der Waals surface area contributed by atoms with Crippen LogP contribution in [-0.4, -0.2) is 28.1 Å². The Morgan fingerprint density at radius 2 is 2.19 bits per heavy atom. The molecule has 0 saturated carbocycles. The third-order valence-electron chi connectivity index (χ3n) is 2.51. The van der Waals surface area contributed by atoms with Gasteiger partial charge in [0.1, 0.15) is 6.33 Å². The Morgan fingerprint density at radius 3 is 2.75 bits per heavy atom. The summed E-state index contributed by atoms with van der Waals surface area (Å²) in [6, 6.07) is 1.72. The predicted molar refractivity (Wildman–Crippen MR) is 59.9 cm³/mol. The molecule has 1 atom stereocenters. The SMILES string of the molecule is CC1=NN(c2cc(C)ncn2)C(=O)C1CN. The van der Waals surface area contributed by atoms with Gasteiger partial charge in [0.25, 0.3) is 5.91 Å². The molecule has 1 aliphatic heterocycles. The summed E-state index contributed by atoms with van der Waals surface area (Å²) in [5.41, 5.74) is 7.04. The molecule has 0 aromatic carbocycles. The van der Waals surface area contributed by atoms with E-state index in [1.54, 1.807) is 13.0 Å². The van der Waals surface area contributed by atoms with Crippen LogP contribution in [0.15, 0.2) is 17.5 Å². The number of nitrogens with zero attached hydrogens (tertiary/aromatic N) is 4. The zero-order valence-corrected chi connectivity index (χ0v) is 9.21. The minimum Gasteiger partial charge on any atom is -0.329 e. The van der Waals surface area contributed by atoms with E-state index in [4.69, 9.17) is 5.73 Å². The molecule has 0 bridgehead atoms. The van der Waals surface area contributed by atoms with Crippen LogP contribution in [0.25, 0.3) is 0 Å². The Bertz CT molecular complexity index is 456. The first-order chi connectivity index (χ1) is 7.63. The van der Waals surface area contributed by atoms with Gasteiger partial charge in [-0.1, -0.05) is 0 Å². The summed E-state index contributed by atoms with van der Waals surface area (Å²) < 4.78 is 0. The van der Waals surface area contributed by atoms with E-state index in [9.17, 15) is 4.79 Å². The summed E-state index contributed by atoms with van der Waals surface area (Å²) in [6.07, 6.45) is 1.42. The number of aryl methyl sites for hydroxylation is 1. The highest BCUT2D eigenvalue weighted by Crippen LogP contribution is 2.21. The van der Waals surface area contributed by atoms with Crippen LogP contribution in [0.4, 0.5) is 5.82 Å². The zero-order valence-electron chi connectivity index (χ0n) is 9.21. The summed E-state index contributed by atoms with van der Waals surface area (Å²) in [5.74, 6) is 0.0428. The van der Waals surface area contributed by atoms with Crippen LogP contribution in [0.2, 0.25) is 0 Å². The van der Waals surface area contributed by atoms with E-state index in [-0.39, 0.29) is 18.4 Å². The van der Waals surface area contributed by atoms with Crippen molar-refractivity contribution in [2.45, 2.75) is 13.8 Å². The highest BCUT2D eigenvalue weighted by molar-refractivity contribution is 6.14. The smallest absolute Gasteiger partial charge is 0.258 e. The molecule has 0 saturated heterocycles. The summed E-state index contributed by atoms with van der Waals surface area (Å²) >= 11 is 0. The van der Waals surface area contributed by atoms with E-state index in [0.29, 0.717) is 5.82 Å². The van der Waals surface area contributed by atoms with Gasteiger partial charge in [0.2, 0.25) is 0 Å². The number of anilines is 1. The number of amides is 1. The normalized spacial score (nSPS) is 20.2. The fourth-order valence-corrected chi connectivity index (χ4v) is 1.59. The fraction of sp³-hybridized carbons (Fsp3) is 0.400. The summed E-state index contributed by atoms with van der Waals surface area (Å²) in [6.45, 7) is 3.90. The van der Waals surface area contributed by atoms with Crippen molar-refractivity contribution < 1.29 is 4.79 Å². The number of carbonyl (C=O) groups excluding carboxylic acids is 1. The Balaban J connectivity index is 2.34. The van der Waals surface area contributed by atoms with Crippen molar-refractivity contribution in [1.29, 1.82) is 0 Å². The quantitative estimate of drug-likeness (QED) is 0.763. The van der Waals surface area contributed by atoms with Crippen LogP contribution in [0.5, 0.6) is 0 Å². The molecule has 1 aromatic heterocycles. The lowest BCUT2D eigenvalue weighted by atomic mass is 10.1. The number of aromatic nitrogens is 2. The van der Waals surface area contributed by atoms with Gasteiger partial charge in [-0.25, -0.2) is 9.97 Å². The number of carbonyl (C=O) groups is 1. The van der Waals surface area contributed by atoms with Gasteiger partial charge in [-0.05, 0) is 13.8 Å². The highest BCUT2D eigenvalue weighted by Gasteiger charge is 2.33. The van der Waals surface area contributed by atoms with Crippen LogP contribution >= 0.6 is 0 Å². The molecule has 1 aliphatic rings. The molecule has 1 unspecified atom stereocenters. The highest BCUT2D eigenvalue weighted by atomic mass is 16.2. The maximum absolute atomic E-state index is 11.9. The first-order valence-corrected chi connectivity index (χ1v) is 5.01. The van der Waals surface area contributed by atoms with E-state index in [1.165, 1.54) is 11.3 Å². The minimum atomic E-state index is -0.324. The van der Waals surface area contributed by atoms with Crippen molar-refractivity contribution in [1.82, 2.24) is 9.97 Å². The van der Waals surface area contributed by atoms with Crippen LogP contribution in [0.1, 0.15) is 12.6 Å². The lowest BCUT2D eigenvalue weighted by Crippen LogP contribution is -2.32. The number of hydrazone groups is 1. The molecule has 2 heterocycles. The van der Waals surface area contributed by atoms with Crippen molar-refractivity contribution in [3.05, 3.63) is 18.1 Å². The van der Waals surface area contributed by atoms with E-state index < -0.39 is 0 Å². The van der Waals surface area contributed by atoms with E-state index >= 15 is 0 Å². The average Bonchev–Trinajstić information content (AvgIpc) is 2.54. The number of rotatable bonds is 2. The van der Waals surface area contributed by atoms with Crippen LogP contribution in [0.3, 0.4) is 0 Å². The van der Waals surface area contributed by atoms with E-state index in [1.807, 2.05) is 6.92 Å². The van der Waals surface area contributed by atoms with Crippen molar-refractivity contribution in [3.8, 4) is 0 Å². The Hall–Kier alpha value is -1.82. The molecule has 2 rings (SSSR count). The maximum Gasteiger partial charge on any atom is 0.258 e. The van der Waals surface area contributed by atoms with E-state index in [2.05, 4.69) is 15.1 Å². The van der Waals surface area contributed by atoms with Crippen molar-refractivity contribution in [2.24, 2.45) is 16.8 Å². The molecule has 0 spiro atoms. The average molecular weight is 219 g/mol. The number of hydrogen-bond acceptors (Lipinski definition) is 5. The van der Waals surface area contributed by atoms with E-state index in [0.717, 1.165) is 11.4 Å². The summed E-state index contributed by atoms with van der Waals surface area (Å²) in [4.78, 5) is 19.9. The van der Waals surface area contributed by atoms with Crippen LogP contribution in [-0.2, 0) is 4.79 Å². The maximum atomic E-state index is 11.9. The topological polar surface area (TPSA) is 84.5 Å². The monoisotopic (exact) mass is 219 g/mol. The van der Waals surface area contributed by atoms with Gasteiger partial charge in [-0.3, -0.25) is 4.79 Å². The molecule has 6 heteroatoms. The molecule has 1 aromatic rings. The fourth-order valence-electron chi connectivity index (χ4n) is 1.59. The first kappa shape index (κ1) is 10.7. The molecule has 16 heavy (non-hydrogen) atoms. The summed E-state index contributed by atoms with van der Waals surface area (Å²) in [5, 5.41) is 5.46. The molecule has 1 amide bonds. The van der Waals surface area contributed by atoms with Crippen molar-refractivity contribution >= 4 is 17.4 Å². The largest absolute Gasteiger partial charge is 0.329 e. The third-order valence-corrected chi connectivity index (χ3v) is 2.51. The molecule has 6 nitrogen and oxygen atoms in total. The number of hydrogen-bond donors (Lipinski definition) is 1. The van der Waals surface area contributed by atoms with Crippen molar-refractivity contribution in [2.75, 3.05) is 11.6 Å². The zero-order chi connectivity index (χ0) is 11.7. The summed E-state index contributed by atoms with van der Waals surface area (Å²) in [7, 11) is 0. The standard InChI is InChI=1S/C10H13N5O/c1-6-3-9(13-5-12-6)15-10(16)8(4-11)7(2)14-15/h3,5,8H,4,11H2,1-2H3. The van der Waals surface area contributed by atoms with Gasteiger partial charge in [0.15, 0.2) is 5.82 Å². The minimum absolute atomic E-state index is 0.127. The lowest BCUT2D eigenvalue weighted by Gasteiger charge is -2.12. The Kier molecular flexibility index (Phi) is 2.66. The second-order valence-electron chi connectivity index (χ2n) is 3.70. The van der Waals surface area contributed by atoms with Gasteiger partial charge in [0, 0.05) is 24.0 Å². The molecule has 0 radical (unpaired) electrons. The van der Waals surface area contributed by atoms with Gasteiger partial charge in [0.05, 0.1) is 5.92 Å². The van der Waals surface area contributed by atoms with Gasteiger partial charge in [-0.15, -0.1) is 0 Å². The Labute approximate surface area is 93.2 Å². The molecule has 84 valence electrons.